The van der Waals surface area contributed by atoms with Crippen LogP contribution in [0.3, 0.4) is 0 Å². The number of hydrogen-bond donors (Lipinski definition) is 2. The molecule has 208 valence electrons. The van der Waals surface area contributed by atoms with E-state index >= 15 is 0 Å². The Labute approximate surface area is 247 Å². The van der Waals surface area contributed by atoms with Crippen molar-refractivity contribution in [3.05, 3.63) is 124 Å². The molecule has 41 heavy (non-hydrogen) atoms. The first kappa shape index (κ1) is 29.5. The van der Waals surface area contributed by atoms with Gasteiger partial charge in [0, 0.05) is 21.7 Å². The van der Waals surface area contributed by atoms with Crippen LogP contribution in [0.15, 0.2) is 108 Å². The third-order valence-corrected chi connectivity index (χ3v) is 7.25. The highest BCUT2D eigenvalue weighted by atomic mass is 35.5. The van der Waals surface area contributed by atoms with Gasteiger partial charge in [0.25, 0.3) is 11.8 Å². The van der Waals surface area contributed by atoms with Crippen LogP contribution >= 0.6 is 23.4 Å². The van der Waals surface area contributed by atoms with Crippen LogP contribution in [0.1, 0.15) is 26.3 Å². The van der Waals surface area contributed by atoms with Crippen molar-refractivity contribution in [2.45, 2.75) is 4.90 Å². The highest BCUT2D eigenvalue weighted by molar-refractivity contribution is 8.00. The number of hydrogen-bond acceptors (Lipinski definition) is 6. The van der Waals surface area contributed by atoms with E-state index in [0.717, 1.165) is 4.90 Å². The summed E-state index contributed by atoms with van der Waals surface area (Å²) in [6.45, 7) is 0. The molecule has 2 amide bonds. The van der Waals surface area contributed by atoms with Gasteiger partial charge in [0.2, 0.25) is 0 Å². The molecular weight excluding hydrogens is 560 g/mol. The quantitative estimate of drug-likeness (QED) is 0.115. The van der Waals surface area contributed by atoms with Crippen molar-refractivity contribution in [2.75, 3.05) is 25.3 Å². The van der Waals surface area contributed by atoms with Gasteiger partial charge in [-0.1, -0.05) is 48.0 Å². The van der Waals surface area contributed by atoms with Crippen LogP contribution in [0.25, 0.3) is 6.08 Å². The van der Waals surface area contributed by atoms with Crippen LogP contribution in [0.5, 0.6) is 11.5 Å². The number of ether oxygens (including phenoxy) is 2. The highest BCUT2D eigenvalue weighted by Gasteiger charge is 2.16. The number of rotatable bonds is 11. The molecule has 0 atom stereocenters. The van der Waals surface area contributed by atoms with Crippen molar-refractivity contribution in [2.24, 2.45) is 0 Å². The second-order valence-electron chi connectivity index (χ2n) is 8.66. The maximum Gasteiger partial charge on any atom is 0.272 e. The van der Waals surface area contributed by atoms with E-state index in [4.69, 9.17) is 21.1 Å². The van der Waals surface area contributed by atoms with Crippen LogP contribution in [0, 0.1) is 0 Å². The Bertz CT molecular complexity index is 1570. The van der Waals surface area contributed by atoms with Crippen molar-refractivity contribution < 1.29 is 23.9 Å². The summed E-state index contributed by atoms with van der Waals surface area (Å²) in [5, 5.41) is 5.97. The minimum absolute atomic E-state index is 0.0369. The maximum atomic E-state index is 13.3. The molecule has 0 unspecified atom stereocenters. The van der Waals surface area contributed by atoms with Gasteiger partial charge in [0.05, 0.1) is 25.0 Å². The number of carbonyl (C=O) groups excluding carboxylic acids is 3. The van der Waals surface area contributed by atoms with Gasteiger partial charge in [-0.3, -0.25) is 14.4 Å². The number of anilines is 1. The minimum atomic E-state index is -0.515. The zero-order valence-electron chi connectivity index (χ0n) is 22.3. The number of methoxy groups -OCH3 is 2. The van der Waals surface area contributed by atoms with Crippen molar-refractivity contribution >= 4 is 52.7 Å². The summed E-state index contributed by atoms with van der Waals surface area (Å²) in [5.41, 5.74) is 2.07. The molecule has 0 spiro atoms. The molecule has 9 heteroatoms. The fourth-order valence-electron chi connectivity index (χ4n) is 3.80. The summed E-state index contributed by atoms with van der Waals surface area (Å²) in [7, 11) is 3.05. The third-order valence-electron chi connectivity index (χ3n) is 5.90. The molecule has 0 heterocycles. The molecule has 2 N–H and O–H groups in total. The van der Waals surface area contributed by atoms with Crippen LogP contribution < -0.4 is 20.1 Å². The van der Waals surface area contributed by atoms with Crippen molar-refractivity contribution in [1.29, 1.82) is 0 Å². The molecule has 0 aliphatic carbocycles. The third kappa shape index (κ3) is 8.00. The molecule has 0 saturated heterocycles. The predicted octanol–water partition coefficient (Wildman–Crippen LogP) is 6.74. The summed E-state index contributed by atoms with van der Waals surface area (Å²) >= 11 is 7.50. The van der Waals surface area contributed by atoms with Gasteiger partial charge < -0.3 is 20.1 Å². The van der Waals surface area contributed by atoms with E-state index in [-0.39, 0.29) is 17.2 Å². The average Bonchev–Trinajstić information content (AvgIpc) is 3.00. The fourth-order valence-corrected chi connectivity index (χ4v) is 4.82. The Balaban J connectivity index is 1.49. The number of halogens is 1. The first-order valence-electron chi connectivity index (χ1n) is 12.5. The second-order valence-corrected chi connectivity index (χ2v) is 10.1. The van der Waals surface area contributed by atoms with E-state index in [1.54, 1.807) is 103 Å². The lowest BCUT2D eigenvalue weighted by Crippen LogP contribution is -2.30. The Hall–Kier alpha value is -4.53. The van der Waals surface area contributed by atoms with Gasteiger partial charge in [-0.2, -0.15) is 0 Å². The van der Waals surface area contributed by atoms with Gasteiger partial charge in [-0.25, -0.2) is 0 Å². The second kappa shape index (κ2) is 14.2. The van der Waals surface area contributed by atoms with E-state index in [1.807, 2.05) is 0 Å². The number of benzene rings is 4. The van der Waals surface area contributed by atoms with Gasteiger partial charge in [0.1, 0.15) is 5.70 Å². The van der Waals surface area contributed by atoms with Crippen molar-refractivity contribution in [3.8, 4) is 11.5 Å². The number of amides is 2. The summed E-state index contributed by atoms with van der Waals surface area (Å²) < 4.78 is 10.7. The van der Waals surface area contributed by atoms with Gasteiger partial charge in [-0.15, -0.1) is 11.8 Å². The molecule has 0 bridgehead atoms. The fraction of sp³-hybridized carbons (Fsp3) is 0.0938. The van der Waals surface area contributed by atoms with E-state index in [2.05, 4.69) is 10.6 Å². The molecule has 0 aliphatic rings. The zero-order valence-corrected chi connectivity index (χ0v) is 23.9. The first-order chi connectivity index (χ1) is 19.9. The summed E-state index contributed by atoms with van der Waals surface area (Å²) in [6, 6.07) is 27.8. The molecule has 0 saturated carbocycles. The van der Waals surface area contributed by atoms with Gasteiger partial charge >= 0.3 is 0 Å². The molecule has 0 fully saturated rings. The van der Waals surface area contributed by atoms with E-state index in [0.29, 0.717) is 38.9 Å². The highest BCUT2D eigenvalue weighted by Crippen LogP contribution is 2.29. The predicted molar refractivity (Wildman–Crippen MR) is 163 cm³/mol. The van der Waals surface area contributed by atoms with E-state index in [1.165, 1.54) is 26.0 Å². The Kier molecular flexibility index (Phi) is 10.2. The van der Waals surface area contributed by atoms with E-state index in [9.17, 15) is 14.4 Å². The molecule has 4 rings (SSSR count). The summed E-state index contributed by atoms with van der Waals surface area (Å²) in [6.07, 6.45) is 1.56. The lowest BCUT2D eigenvalue weighted by atomic mass is 10.1. The number of ketones is 1. The standard InChI is InChI=1S/C32H27ClN2O5S/c1-39-29-17-12-21(19-30(29)40-2)18-27(35-31(37)22-8-4-3-5-9-22)32(38)34-23-13-15-24(16-14-23)41-20-28(36)25-10-6-7-11-26(25)33/h3-19H,20H2,1-2H3,(H,34,38)(H,35,37)/b27-18-. The van der Waals surface area contributed by atoms with Crippen LogP contribution in [0.4, 0.5) is 5.69 Å². The first-order valence-corrected chi connectivity index (χ1v) is 13.9. The van der Waals surface area contributed by atoms with Crippen LogP contribution in [0.2, 0.25) is 5.02 Å². The minimum Gasteiger partial charge on any atom is -0.493 e. The lowest BCUT2D eigenvalue weighted by Gasteiger charge is -2.13. The SMILES string of the molecule is COc1ccc(/C=C(\NC(=O)c2ccccc2)C(=O)Nc2ccc(SCC(=O)c3ccccc3Cl)cc2)cc1OC. The molecule has 4 aromatic carbocycles. The lowest BCUT2D eigenvalue weighted by molar-refractivity contribution is -0.113. The van der Waals surface area contributed by atoms with Gasteiger partial charge in [0.15, 0.2) is 17.3 Å². The molecule has 0 aromatic heterocycles. The van der Waals surface area contributed by atoms with Crippen LogP contribution in [-0.2, 0) is 4.79 Å². The maximum absolute atomic E-state index is 13.3. The van der Waals surface area contributed by atoms with Gasteiger partial charge in [-0.05, 0) is 72.3 Å². The number of carbonyl (C=O) groups is 3. The number of nitrogens with one attached hydrogen (secondary N) is 2. The smallest absolute Gasteiger partial charge is 0.272 e. The van der Waals surface area contributed by atoms with E-state index < -0.39 is 11.8 Å². The molecule has 4 aromatic rings. The largest absolute Gasteiger partial charge is 0.493 e. The van der Waals surface area contributed by atoms with Crippen molar-refractivity contribution in [1.82, 2.24) is 5.32 Å². The molecule has 0 radical (unpaired) electrons. The Morgan fingerprint density at radius 3 is 2.20 bits per heavy atom. The Morgan fingerprint density at radius 2 is 1.51 bits per heavy atom. The average molecular weight is 587 g/mol. The molecule has 7 nitrogen and oxygen atoms in total. The van der Waals surface area contributed by atoms with Crippen LogP contribution in [-0.4, -0.2) is 37.6 Å². The van der Waals surface area contributed by atoms with Crippen molar-refractivity contribution in [3.63, 3.8) is 0 Å². The summed E-state index contributed by atoms with van der Waals surface area (Å²) in [5.74, 6) is 0.226. The Morgan fingerprint density at radius 1 is 0.829 bits per heavy atom. The number of Topliss-reactive ketones (excluding diaryl/α,β-unsaturated/α-hetero) is 1. The zero-order chi connectivity index (χ0) is 29.2. The topological polar surface area (TPSA) is 93.7 Å². The normalized spacial score (nSPS) is 11.0. The molecular formula is C32H27ClN2O5S. The summed E-state index contributed by atoms with van der Waals surface area (Å²) in [4.78, 5) is 39.6. The number of thioether (sulfide) groups is 1. The molecule has 0 aliphatic heterocycles. The monoisotopic (exact) mass is 586 g/mol.